The van der Waals surface area contributed by atoms with Gasteiger partial charge in [-0.1, -0.05) is 24.3 Å². The summed E-state index contributed by atoms with van der Waals surface area (Å²) < 4.78 is 10.6. The summed E-state index contributed by atoms with van der Waals surface area (Å²) >= 11 is 5.92. The number of rotatable bonds is 6. The Balaban J connectivity index is 3.17. The van der Waals surface area contributed by atoms with E-state index in [1.807, 2.05) is 0 Å². The molecular formula is C12H12ClO4-. The average molecular weight is 256 g/mol. The highest BCUT2D eigenvalue weighted by Gasteiger charge is 2.12. The maximum atomic E-state index is 10.8. The smallest absolute Gasteiger partial charge is 0.180 e. The Labute approximate surface area is 104 Å². The molecule has 0 heterocycles. The minimum atomic E-state index is -1.32. The first kappa shape index (κ1) is 13.4. The number of aromatic carboxylic acids is 1. The van der Waals surface area contributed by atoms with Crippen LogP contribution in [0.5, 0.6) is 11.5 Å². The van der Waals surface area contributed by atoms with Gasteiger partial charge in [0, 0.05) is 5.56 Å². The number of carboxylic acids is 1. The molecule has 0 radical (unpaired) electrons. The molecule has 0 saturated heterocycles. The van der Waals surface area contributed by atoms with Gasteiger partial charge in [0.15, 0.2) is 11.5 Å². The lowest BCUT2D eigenvalue weighted by atomic mass is 10.2. The standard InChI is InChI=1S/C12H13ClO4/c1-3-5-17-11-9(13)6-8(12(14)15)7-10(11)16-4-2/h3,6-7H,1,4-5H2,2H3,(H,14,15)/p-1. The summed E-state index contributed by atoms with van der Waals surface area (Å²) in [5.74, 6) is -0.734. The Morgan fingerprint density at radius 1 is 1.53 bits per heavy atom. The summed E-state index contributed by atoms with van der Waals surface area (Å²) in [6.07, 6.45) is 1.55. The molecule has 17 heavy (non-hydrogen) atoms. The molecule has 1 aromatic carbocycles. The van der Waals surface area contributed by atoms with Crippen molar-refractivity contribution in [3.05, 3.63) is 35.4 Å². The third-order valence-corrected chi connectivity index (χ3v) is 2.17. The molecule has 0 atom stereocenters. The zero-order valence-corrected chi connectivity index (χ0v) is 10.1. The van der Waals surface area contributed by atoms with Crippen molar-refractivity contribution in [1.82, 2.24) is 0 Å². The monoisotopic (exact) mass is 255 g/mol. The first-order valence-electron chi connectivity index (χ1n) is 5.01. The molecular weight excluding hydrogens is 244 g/mol. The summed E-state index contributed by atoms with van der Waals surface area (Å²) in [5, 5.41) is 10.9. The van der Waals surface area contributed by atoms with Crippen molar-refractivity contribution in [3.8, 4) is 11.5 Å². The largest absolute Gasteiger partial charge is 0.545 e. The van der Waals surface area contributed by atoms with Crippen LogP contribution in [0.25, 0.3) is 0 Å². The lowest BCUT2D eigenvalue weighted by Gasteiger charge is -2.14. The van der Waals surface area contributed by atoms with E-state index in [4.69, 9.17) is 21.1 Å². The molecule has 4 nitrogen and oxygen atoms in total. The van der Waals surface area contributed by atoms with Gasteiger partial charge in [-0.3, -0.25) is 0 Å². The van der Waals surface area contributed by atoms with Crippen molar-refractivity contribution in [2.45, 2.75) is 6.92 Å². The second kappa shape index (κ2) is 6.15. The van der Waals surface area contributed by atoms with Crippen molar-refractivity contribution in [1.29, 1.82) is 0 Å². The van der Waals surface area contributed by atoms with Crippen LogP contribution in [0.3, 0.4) is 0 Å². The van der Waals surface area contributed by atoms with E-state index in [1.165, 1.54) is 12.1 Å². The molecule has 0 amide bonds. The molecule has 0 saturated carbocycles. The van der Waals surface area contributed by atoms with E-state index in [2.05, 4.69) is 6.58 Å². The van der Waals surface area contributed by atoms with Crippen molar-refractivity contribution in [2.75, 3.05) is 13.2 Å². The number of carbonyl (C=O) groups excluding carboxylic acids is 1. The van der Waals surface area contributed by atoms with Gasteiger partial charge < -0.3 is 19.4 Å². The second-order valence-corrected chi connectivity index (χ2v) is 3.51. The quantitative estimate of drug-likeness (QED) is 0.726. The molecule has 92 valence electrons. The predicted molar refractivity (Wildman–Crippen MR) is 62.6 cm³/mol. The fourth-order valence-corrected chi connectivity index (χ4v) is 1.50. The number of hydrogen-bond donors (Lipinski definition) is 0. The maximum absolute atomic E-state index is 10.8. The summed E-state index contributed by atoms with van der Waals surface area (Å²) in [7, 11) is 0. The van der Waals surface area contributed by atoms with Gasteiger partial charge in [0.25, 0.3) is 0 Å². The number of halogens is 1. The SMILES string of the molecule is C=CCOc1c(Cl)cc(C(=O)[O-])cc1OCC. The van der Waals surface area contributed by atoms with Crippen molar-refractivity contribution >= 4 is 17.6 Å². The molecule has 0 unspecified atom stereocenters. The Bertz CT molecular complexity index is 429. The van der Waals surface area contributed by atoms with Crippen molar-refractivity contribution < 1.29 is 19.4 Å². The van der Waals surface area contributed by atoms with Gasteiger partial charge in [-0.25, -0.2) is 0 Å². The predicted octanol–water partition coefficient (Wildman–Crippen LogP) is 1.67. The second-order valence-electron chi connectivity index (χ2n) is 3.11. The summed E-state index contributed by atoms with van der Waals surface area (Å²) in [5.41, 5.74) is -0.0515. The van der Waals surface area contributed by atoms with Gasteiger partial charge >= 0.3 is 0 Å². The van der Waals surface area contributed by atoms with Gasteiger partial charge in [-0.05, 0) is 19.1 Å². The summed E-state index contributed by atoms with van der Waals surface area (Å²) in [6, 6.07) is 2.58. The Hall–Kier alpha value is -1.68. The van der Waals surface area contributed by atoms with E-state index >= 15 is 0 Å². The first-order valence-corrected chi connectivity index (χ1v) is 5.39. The Morgan fingerprint density at radius 2 is 2.24 bits per heavy atom. The van der Waals surface area contributed by atoms with Gasteiger partial charge in [-0.2, -0.15) is 0 Å². The first-order chi connectivity index (χ1) is 8.10. The molecule has 0 aliphatic rings. The third-order valence-electron chi connectivity index (χ3n) is 1.89. The van der Waals surface area contributed by atoms with Crippen molar-refractivity contribution in [2.24, 2.45) is 0 Å². The molecule has 1 aromatic rings. The van der Waals surface area contributed by atoms with E-state index in [9.17, 15) is 9.90 Å². The van der Waals surface area contributed by atoms with Gasteiger partial charge in [0.2, 0.25) is 0 Å². The molecule has 0 fully saturated rings. The van der Waals surface area contributed by atoms with E-state index in [-0.39, 0.29) is 22.9 Å². The molecule has 0 aromatic heterocycles. The van der Waals surface area contributed by atoms with E-state index in [0.29, 0.717) is 12.4 Å². The molecule has 0 aliphatic carbocycles. The lowest BCUT2D eigenvalue weighted by Crippen LogP contribution is -2.22. The number of hydrogen-bond acceptors (Lipinski definition) is 4. The van der Waals surface area contributed by atoms with Crippen LogP contribution in [0.1, 0.15) is 17.3 Å². The number of carboxylic acid groups (broad SMARTS) is 1. The normalized spacial score (nSPS) is 9.76. The van der Waals surface area contributed by atoms with Crippen LogP contribution in [0.4, 0.5) is 0 Å². The average Bonchev–Trinajstić information content (AvgIpc) is 2.28. The fraction of sp³-hybridized carbons (Fsp3) is 0.250. The van der Waals surface area contributed by atoms with Crippen LogP contribution in [0.2, 0.25) is 5.02 Å². The molecule has 0 spiro atoms. The zero-order valence-electron chi connectivity index (χ0n) is 9.36. The van der Waals surface area contributed by atoms with Crippen LogP contribution in [0, 0.1) is 0 Å². The van der Waals surface area contributed by atoms with E-state index < -0.39 is 5.97 Å². The molecule has 0 aliphatic heterocycles. The minimum Gasteiger partial charge on any atom is -0.545 e. The highest BCUT2D eigenvalue weighted by Crippen LogP contribution is 2.36. The summed E-state index contributed by atoms with van der Waals surface area (Å²) in [6.45, 7) is 5.92. The Morgan fingerprint density at radius 3 is 2.76 bits per heavy atom. The Kier molecular flexibility index (Phi) is 4.84. The van der Waals surface area contributed by atoms with E-state index in [0.717, 1.165) is 0 Å². The van der Waals surface area contributed by atoms with Crippen LogP contribution < -0.4 is 14.6 Å². The number of carbonyl (C=O) groups is 1. The highest BCUT2D eigenvalue weighted by atomic mass is 35.5. The van der Waals surface area contributed by atoms with Gasteiger partial charge in [0.1, 0.15) is 6.61 Å². The van der Waals surface area contributed by atoms with Crippen LogP contribution in [-0.2, 0) is 0 Å². The lowest BCUT2D eigenvalue weighted by molar-refractivity contribution is -0.255. The van der Waals surface area contributed by atoms with Crippen molar-refractivity contribution in [3.63, 3.8) is 0 Å². The third kappa shape index (κ3) is 3.39. The topological polar surface area (TPSA) is 58.6 Å². The molecule has 5 heteroatoms. The van der Waals surface area contributed by atoms with E-state index in [1.54, 1.807) is 13.0 Å². The van der Waals surface area contributed by atoms with Gasteiger partial charge in [0.05, 0.1) is 17.6 Å². The highest BCUT2D eigenvalue weighted by molar-refractivity contribution is 6.32. The van der Waals surface area contributed by atoms with Gasteiger partial charge in [-0.15, -0.1) is 0 Å². The molecule has 0 N–H and O–H groups in total. The molecule has 0 bridgehead atoms. The number of ether oxygens (including phenoxy) is 2. The number of benzene rings is 1. The van der Waals surface area contributed by atoms with Crippen LogP contribution in [-0.4, -0.2) is 19.2 Å². The fourth-order valence-electron chi connectivity index (χ4n) is 1.23. The zero-order chi connectivity index (χ0) is 12.8. The minimum absolute atomic E-state index is 0.0515. The molecule has 1 rings (SSSR count). The van der Waals surface area contributed by atoms with Crippen LogP contribution in [0.15, 0.2) is 24.8 Å². The summed E-state index contributed by atoms with van der Waals surface area (Å²) in [4.78, 5) is 10.8. The van der Waals surface area contributed by atoms with Crippen LogP contribution >= 0.6 is 11.6 Å². The maximum Gasteiger partial charge on any atom is 0.180 e.